The smallest absolute Gasteiger partial charge is 0.407 e. The number of carbonyl (C=O) groups is 1. The van der Waals surface area contributed by atoms with Gasteiger partial charge in [0.1, 0.15) is 5.60 Å². The van der Waals surface area contributed by atoms with Crippen LogP contribution in [0.3, 0.4) is 0 Å². The number of nitrogens with one attached hydrogen (secondary N) is 1. The number of carbonyl (C=O) groups excluding carboxylic acids is 1. The largest absolute Gasteiger partial charge is 0.490 e. The summed E-state index contributed by atoms with van der Waals surface area (Å²) in [6.07, 6.45) is -0.464. The van der Waals surface area contributed by atoms with E-state index in [1.165, 1.54) is 13.2 Å². The summed E-state index contributed by atoms with van der Waals surface area (Å²) in [4.78, 5) is 24.3. The Labute approximate surface area is 148 Å². The first-order valence-corrected chi connectivity index (χ1v) is 8.01. The average Bonchev–Trinajstić information content (AvgIpc) is 2.44. The molecule has 0 radical (unpaired) electrons. The summed E-state index contributed by atoms with van der Waals surface area (Å²) >= 11 is 0. The summed E-state index contributed by atoms with van der Waals surface area (Å²) in [5.41, 5.74) is 0.186. The van der Waals surface area contributed by atoms with Crippen molar-refractivity contribution >= 4 is 11.8 Å². The number of ether oxygens (including phenoxy) is 2. The first-order valence-electron chi connectivity index (χ1n) is 8.01. The summed E-state index contributed by atoms with van der Waals surface area (Å²) in [6.45, 7) is 8.36. The van der Waals surface area contributed by atoms with Crippen molar-refractivity contribution in [2.24, 2.45) is 0 Å². The highest BCUT2D eigenvalue weighted by molar-refractivity contribution is 5.68. The van der Waals surface area contributed by atoms with Crippen molar-refractivity contribution in [3.05, 3.63) is 33.9 Å². The third-order valence-electron chi connectivity index (χ3n) is 3.24. The second-order valence-corrected chi connectivity index (χ2v) is 7.01. The van der Waals surface area contributed by atoms with Crippen LogP contribution in [0.5, 0.6) is 5.75 Å². The Hall–Kier alpha value is -2.35. The lowest BCUT2D eigenvalue weighted by molar-refractivity contribution is -0.385. The highest BCUT2D eigenvalue weighted by Crippen LogP contribution is 2.27. The van der Waals surface area contributed by atoms with Crippen LogP contribution >= 0.6 is 0 Å². The van der Waals surface area contributed by atoms with Gasteiger partial charge in [-0.05, 0) is 46.4 Å². The molecular formula is C17H27N3O5. The Morgan fingerprint density at radius 2 is 2.04 bits per heavy atom. The van der Waals surface area contributed by atoms with Gasteiger partial charge in [0.15, 0.2) is 5.75 Å². The lowest BCUT2D eigenvalue weighted by Gasteiger charge is -2.25. The summed E-state index contributed by atoms with van der Waals surface area (Å²) in [5, 5.41) is 13.9. The number of nitro benzene ring substituents is 1. The van der Waals surface area contributed by atoms with Gasteiger partial charge in [-0.25, -0.2) is 4.79 Å². The third-order valence-corrected chi connectivity index (χ3v) is 3.24. The molecule has 1 aromatic rings. The Kier molecular flexibility index (Phi) is 7.17. The molecule has 1 N–H and O–H groups in total. The van der Waals surface area contributed by atoms with Gasteiger partial charge in [0, 0.05) is 25.2 Å². The van der Waals surface area contributed by atoms with Crippen molar-refractivity contribution in [2.45, 2.75) is 45.9 Å². The zero-order chi connectivity index (χ0) is 19.2. The number of alkyl carbamates (subject to hydrolysis) is 1. The molecule has 0 saturated carbocycles. The normalized spacial score (nSPS) is 12.6. The molecule has 0 aliphatic heterocycles. The van der Waals surface area contributed by atoms with Gasteiger partial charge >= 0.3 is 11.8 Å². The molecule has 0 fully saturated rings. The fourth-order valence-corrected chi connectivity index (χ4v) is 2.37. The van der Waals surface area contributed by atoms with E-state index in [2.05, 4.69) is 5.32 Å². The molecular weight excluding hydrogens is 326 g/mol. The minimum absolute atomic E-state index is 0.0617. The average molecular weight is 353 g/mol. The number of rotatable bonds is 7. The van der Waals surface area contributed by atoms with Crippen molar-refractivity contribution in [1.29, 1.82) is 0 Å². The van der Waals surface area contributed by atoms with Crippen LogP contribution in [0.25, 0.3) is 0 Å². The van der Waals surface area contributed by atoms with Crippen LogP contribution in [-0.2, 0) is 11.3 Å². The molecule has 25 heavy (non-hydrogen) atoms. The predicted octanol–water partition coefficient (Wildman–Crippen LogP) is 2.95. The van der Waals surface area contributed by atoms with Crippen molar-refractivity contribution in [3.8, 4) is 5.75 Å². The molecule has 8 heteroatoms. The van der Waals surface area contributed by atoms with E-state index < -0.39 is 16.6 Å². The standard InChI is InChI=1S/C17H27N3O5/c1-12(18-16(21)25-17(2,3)4)10-19(5)11-13-7-8-15(24-6)14(9-13)20(22)23/h7-9,12H,10-11H2,1-6H3,(H,18,21). The number of hydrogen-bond acceptors (Lipinski definition) is 6. The van der Waals surface area contributed by atoms with Gasteiger partial charge in [0.2, 0.25) is 0 Å². The van der Waals surface area contributed by atoms with Crippen LogP contribution in [0.2, 0.25) is 0 Å². The van der Waals surface area contributed by atoms with Crippen LogP contribution < -0.4 is 10.1 Å². The molecule has 1 atom stereocenters. The number of nitro groups is 1. The van der Waals surface area contributed by atoms with E-state index in [4.69, 9.17) is 9.47 Å². The third kappa shape index (κ3) is 7.38. The molecule has 8 nitrogen and oxygen atoms in total. The van der Waals surface area contributed by atoms with Gasteiger partial charge < -0.3 is 19.7 Å². The molecule has 0 spiro atoms. The Morgan fingerprint density at radius 1 is 1.40 bits per heavy atom. The molecule has 0 saturated heterocycles. The van der Waals surface area contributed by atoms with Crippen molar-refractivity contribution in [1.82, 2.24) is 10.2 Å². The van der Waals surface area contributed by atoms with Crippen molar-refractivity contribution in [2.75, 3.05) is 20.7 Å². The monoisotopic (exact) mass is 353 g/mol. The maximum absolute atomic E-state index is 11.8. The lowest BCUT2D eigenvalue weighted by atomic mass is 10.1. The minimum atomic E-state index is -0.544. The number of likely N-dealkylation sites (N-methyl/N-ethyl adjacent to an activating group) is 1. The van der Waals surface area contributed by atoms with Crippen LogP contribution in [0.1, 0.15) is 33.3 Å². The summed E-state index contributed by atoms with van der Waals surface area (Å²) < 4.78 is 10.2. The number of benzene rings is 1. The first kappa shape index (κ1) is 20.7. The van der Waals surface area contributed by atoms with E-state index in [0.717, 1.165) is 5.56 Å². The van der Waals surface area contributed by atoms with Crippen LogP contribution in [0, 0.1) is 10.1 Å². The Morgan fingerprint density at radius 3 is 2.56 bits per heavy atom. The van der Waals surface area contributed by atoms with Gasteiger partial charge in [0.05, 0.1) is 12.0 Å². The lowest BCUT2D eigenvalue weighted by Crippen LogP contribution is -2.42. The molecule has 0 bridgehead atoms. The molecule has 1 amide bonds. The zero-order valence-corrected chi connectivity index (χ0v) is 15.7. The van der Waals surface area contributed by atoms with Crippen LogP contribution in [0.4, 0.5) is 10.5 Å². The van der Waals surface area contributed by atoms with Gasteiger partial charge in [0.25, 0.3) is 0 Å². The predicted molar refractivity (Wildman–Crippen MR) is 94.8 cm³/mol. The second-order valence-electron chi connectivity index (χ2n) is 7.01. The summed E-state index contributed by atoms with van der Waals surface area (Å²) in [6, 6.07) is 4.74. The number of amides is 1. The van der Waals surface area contributed by atoms with Gasteiger partial charge in [-0.1, -0.05) is 6.07 Å². The Bertz CT molecular complexity index is 613. The quantitative estimate of drug-likeness (QED) is 0.598. The maximum Gasteiger partial charge on any atom is 0.407 e. The zero-order valence-electron chi connectivity index (χ0n) is 15.7. The van der Waals surface area contributed by atoms with E-state index >= 15 is 0 Å². The topological polar surface area (TPSA) is 93.9 Å². The van der Waals surface area contributed by atoms with Gasteiger partial charge in [-0.2, -0.15) is 0 Å². The fraction of sp³-hybridized carbons (Fsp3) is 0.588. The fourth-order valence-electron chi connectivity index (χ4n) is 2.37. The van der Waals surface area contributed by atoms with E-state index in [9.17, 15) is 14.9 Å². The van der Waals surface area contributed by atoms with E-state index in [1.54, 1.807) is 32.9 Å². The molecule has 140 valence electrons. The van der Waals surface area contributed by atoms with Crippen molar-refractivity contribution < 1.29 is 19.2 Å². The first-order chi connectivity index (χ1) is 11.5. The summed E-state index contributed by atoms with van der Waals surface area (Å²) in [7, 11) is 3.28. The van der Waals surface area contributed by atoms with Crippen LogP contribution in [0.15, 0.2) is 18.2 Å². The van der Waals surface area contributed by atoms with Crippen molar-refractivity contribution in [3.63, 3.8) is 0 Å². The molecule has 0 aliphatic rings. The Balaban J connectivity index is 2.61. The van der Waals surface area contributed by atoms with Gasteiger partial charge in [-0.15, -0.1) is 0 Å². The van der Waals surface area contributed by atoms with E-state index in [0.29, 0.717) is 13.1 Å². The molecule has 0 heterocycles. The number of hydrogen-bond donors (Lipinski definition) is 1. The van der Waals surface area contributed by atoms with E-state index in [-0.39, 0.29) is 17.5 Å². The summed E-state index contributed by atoms with van der Waals surface area (Å²) in [5.74, 6) is 0.233. The number of nitrogens with zero attached hydrogens (tertiary/aromatic N) is 2. The highest BCUT2D eigenvalue weighted by atomic mass is 16.6. The van der Waals surface area contributed by atoms with E-state index in [1.807, 2.05) is 18.9 Å². The SMILES string of the molecule is COc1ccc(CN(C)CC(C)NC(=O)OC(C)(C)C)cc1[N+](=O)[O-]. The number of methoxy groups -OCH3 is 1. The van der Waals surface area contributed by atoms with Gasteiger partial charge in [-0.3, -0.25) is 10.1 Å². The minimum Gasteiger partial charge on any atom is -0.490 e. The molecule has 1 aromatic carbocycles. The second kappa shape index (κ2) is 8.66. The maximum atomic E-state index is 11.8. The molecule has 1 rings (SSSR count). The highest BCUT2D eigenvalue weighted by Gasteiger charge is 2.19. The molecule has 1 unspecified atom stereocenters. The van der Waals surface area contributed by atoms with Crippen LogP contribution in [-0.4, -0.2) is 48.3 Å². The molecule has 0 aromatic heterocycles. The molecule has 0 aliphatic carbocycles.